The van der Waals surface area contributed by atoms with Gasteiger partial charge >= 0.3 is 0 Å². The summed E-state index contributed by atoms with van der Waals surface area (Å²) in [6, 6.07) is 15.8. The molecule has 5 rings (SSSR count). The Labute approximate surface area is 211 Å². The predicted octanol–water partition coefficient (Wildman–Crippen LogP) is 3.43. The van der Waals surface area contributed by atoms with Crippen molar-refractivity contribution in [3.8, 4) is 5.75 Å². The average Bonchev–Trinajstić information content (AvgIpc) is 2.91. The van der Waals surface area contributed by atoms with E-state index in [-0.39, 0.29) is 11.8 Å². The van der Waals surface area contributed by atoms with Crippen LogP contribution in [0.3, 0.4) is 0 Å². The predicted molar refractivity (Wildman–Crippen MR) is 135 cm³/mol. The van der Waals surface area contributed by atoms with Crippen LogP contribution in [0.5, 0.6) is 5.75 Å². The Hall–Kier alpha value is -3.20. The molecule has 2 saturated heterocycles. The van der Waals surface area contributed by atoms with Crippen molar-refractivity contribution >= 4 is 17.9 Å². The fourth-order valence-electron chi connectivity index (χ4n) is 4.98. The average molecular weight is 492 g/mol. The van der Waals surface area contributed by atoms with Gasteiger partial charge in [-0.05, 0) is 61.6 Å². The highest BCUT2D eigenvalue weighted by molar-refractivity contribution is 5.99. The van der Waals surface area contributed by atoms with Gasteiger partial charge in [0.05, 0.1) is 12.1 Å². The van der Waals surface area contributed by atoms with Crippen LogP contribution in [0.25, 0.3) is 6.08 Å². The van der Waals surface area contributed by atoms with Gasteiger partial charge < -0.3 is 14.8 Å². The van der Waals surface area contributed by atoms with Crippen molar-refractivity contribution in [1.82, 2.24) is 15.7 Å². The summed E-state index contributed by atoms with van der Waals surface area (Å²) in [7, 11) is 0. The number of hydroxylamine groups is 1. The van der Waals surface area contributed by atoms with E-state index in [1.807, 2.05) is 18.2 Å². The van der Waals surface area contributed by atoms with Crippen LogP contribution in [0, 0.1) is 0 Å². The van der Waals surface area contributed by atoms with Gasteiger partial charge in [0.25, 0.3) is 11.8 Å². The van der Waals surface area contributed by atoms with Crippen molar-refractivity contribution in [3.63, 3.8) is 0 Å². The van der Waals surface area contributed by atoms with Crippen molar-refractivity contribution in [1.29, 1.82) is 0 Å². The molecule has 2 unspecified atom stereocenters. The second kappa shape index (κ2) is 11.2. The van der Waals surface area contributed by atoms with Crippen LogP contribution >= 0.6 is 0 Å². The van der Waals surface area contributed by atoms with Crippen LogP contribution < -0.4 is 15.5 Å². The maximum absolute atomic E-state index is 13.1. The summed E-state index contributed by atoms with van der Waals surface area (Å²) in [5.74, 6) is 0.0287. The number of hydrogen-bond acceptors (Lipinski definition) is 6. The lowest BCUT2D eigenvalue weighted by atomic mass is 9.97. The molecule has 8 heteroatoms. The molecule has 0 aliphatic carbocycles. The first kappa shape index (κ1) is 24.5. The fourth-order valence-corrected chi connectivity index (χ4v) is 4.98. The van der Waals surface area contributed by atoms with Gasteiger partial charge in [0, 0.05) is 32.1 Å². The van der Waals surface area contributed by atoms with E-state index in [1.165, 1.54) is 11.6 Å². The van der Waals surface area contributed by atoms with E-state index in [0.717, 1.165) is 57.2 Å². The van der Waals surface area contributed by atoms with Crippen LogP contribution in [-0.4, -0.2) is 55.0 Å². The Morgan fingerprint density at radius 2 is 2.08 bits per heavy atom. The first-order chi connectivity index (χ1) is 17.6. The number of likely N-dealkylation sites (tertiary alicyclic amines) is 1. The van der Waals surface area contributed by atoms with Gasteiger partial charge in [0.15, 0.2) is 12.0 Å². The lowest BCUT2D eigenvalue weighted by Gasteiger charge is -2.45. The lowest BCUT2D eigenvalue weighted by molar-refractivity contribution is -0.198. The fraction of sp³-hybridized carbons (Fsp3) is 0.429. The van der Waals surface area contributed by atoms with Gasteiger partial charge in [-0.25, -0.2) is 10.3 Å². The molecule has 2 amide bonds. The Morgan fingerprint density at radius 3 is 2.92 bits per heavy atom. The van der Waals surface area contributed by atoms with Gasteiger partial charge in [0.2, 0.25) is 0 Å². The monoisotopic (exact) mass is 491 g/mol. The van der Waals surface area contributed by atoms with Gasteiger partial charge in [-0.2, -0.15) is 0 Å². The van der Waals surface area contributed by atoms with E-state index in [0.29, 0.717) is 24.5 Å². The maximum Gasteiger partial charge on any atom is 0.267 e. The standard InChI is InChI=1S/C28H33N3O5/c32-25(30-36-26-9-4-5-18-34-26)13-11-22-10-12-24-23(19-22)27(33)29-28(35-24)15-6-16-31(20-28)17-14-21-7-2-1-3-8-21/h1-3,7-8,10-13,19,26H,4-6,9,14-18,20H2,(H,29,33)(H,30,32)/b13-11+. The summed E-state index contributed by atoms with van der Waals surface area (Å²) in [4.78, 5) is 32.8. The van der Waals surface area contributed by atoms with E-state index in [4.69, 9.17) is 14.3 Å². The normalized spacial score (nSPS) is 24.2. The third kappa shape index (κ3) is 6.13. The summed E-state index contributed by atoms with van der Waals surface area (Å²) in [5.41, 5.74) is 4.18. The number of benzene rings is 2. The third-order valence-corrected chi connectivity index (χ3v) is 6.84. The molecule has 3 heterocycles. The summed E-state index contributed by atoms with van der Waals surface area (Å²) >= 11 is 0. The number of nitrogens with one attached hydrogen (secondary N) is 2. The zero-order valence-electron chi connectivity index (χ0n) is 20.4. The molecule has 0 aromatic heterocycles. The van der Waals surface area contributed by atoms with E-state index in [2.05, 4.69) is 40.0 Å². The Balaban J connectivity index is 1.18. The molecule has 2 fully saturated rings. The number of ether oxygens (including phenoxy) is 2. The van der Waals surface area contributed by atoms with Crippen LogP contribution in [0.2, 0.25) is 0 Å². The highest BCUT2D eigenvalue weighted by Crippen LogP contribution is 2.33. The summed E-state index contributed by atoms with van der Waals surface area (Å²) in [5, 5.41) is 3.12. The Kier molecular flexibility index (Phi) is 7.65. The second-order valence-electron chi connectivity index (χ2n) is 9.64. The number of piperidine rings is 1. The molecule has 8 nitrogen and oxygen atoms in total. The molecule has 2 atom stereocenters. The largest absolute Gasteiger partial charge is 0.466 e. The molecule has 3 aliphatic rings. The van der Waals surface area contributed by atoms with Gasteiger partial charge in [-0.1, -0.05) is 36.4 Å². The number of nitrogens with zero attached hydrogens (tertiary/aromatic N) is 1. The van der Waals surface area contributed by atoms with Crippen LogP contribution in [0.1, 0.15) is 53.6 Å². The summed E-state index contributed by atoms with van der Waals surface area (Å²) in [6.07, 6.45) is 8.09. The smallest absolute Gasteiger partial charge is 0.267 e. The number of amides is 2. The lowest BCUT2D eigenvalue weighted by Crippen LogP contribution is -2.64. The first-order valence-electron chi connectivity index (χ1n) is 12.8. The van der Waals surface area contributed by atoms with E-state index < -0.39 is 12.0 Å². The molecule has 0 bridgehead atoms. The highest BCUT2D eigenvalue weighted by Gasteiger charge is 2.43. The van der Waals surface area contributed by atoms with Crippen molar-refractivity contribution in [2.75, 3.05) is 26.2 Å². The number of carbonyl (C=O) groups is 2. The molecule has 0 radical (unpaired) electrons. The van der Waals surface area contributed by atoms with Crippen LogP contribution in [0.4, 0.5) is 0 Å². The zero-order chi connectivity index (χ0) is 24.8. The van der Waals surface area contributed by atoms with E-state index in [1.54, 1.807) is 12.1 Å². The number of carbonyl (C=O) groups excluding carboxylic acids is 2. The topological polar surface area (TPSA) is 89.1 Å². The summed E-state index contributed by atoms with van der Waals surface area (Å²) < 4.78 is 11.8. The SMILES string of the molecule is O=C(/C=C/c1ccc2c(c1)C(=O)NC1(CCCN(CCc3ccccc3)C1)O2)NOC1CCCCO1. The molecule has 190 valence electrons. The second-order valence-corrected chi connectivity index (χ2v) is 9.64. The zero-order valence-corrected chi connectivity index (χ0v) is 20.4. The molecule has 1 spiro atoms. The number of fused-ring (bicyclic) bond motifs is 1. The minimum Gasteiger partial charge on any atom is -0.466 e. The van der Waals surface area contributed by atoms with Crippen molar-refractivity contribution in [2.45, 2.75) is 50.5 Å². The number of hydrogen-bond donors (Lipinski definition) is 2. The molecule has 0 saturated carbocycles. The maximum atomic E-state index is 13.1. The molecule has 36 heavy (non-hydrogen) atoms. The Morgan fingerprint density at radius 1 is 1.19 bits per heavy atom. The number of rotatable bonds is 7. The van der Waals surface area contributed by atoms with Gasteiger partial charge in [0.1, 0.15) is 5.75 Å². The summed E-state index contributed by atoms with van der Waals surface area (Å²) in [6.45, 7) is 3.20. The first-order valence-corrected chi connectivity index (χ1v) is 12.8. The van der Waals surface area contributed by atoms with Crippen LogP contribution in [-0.2, 0) is 20.8 Å². The quantitative estimate of drug-likeness (QED) is 0.456. The third-order valence-electron chi connectivity index (χ3n) is 6.84. The molecular weight excluding hydrogens is 458 g/mol. The molecule has 2 aromatic rings. The highest BCUT2D eigenvalue weighted by atomic mass is 16.8. The minimum atomic E-state index is -0.714. The molecule has 2 aromatic carbocycles. The Bertz CT molecular complexity index is 1100. The van der Waals surface area contributed by atoms with Gasteiger partial charge in [-0.15, -0.1) is 0 Å². The molecule has 2 N–H and O–H groups in total. The van der Waals surface area contributed by atoms with Crippen molar-refractivity contribution in [3.05, 3.63) is 71.3 Å². The van der Waals surface area contributed by atoms with Crippen molar-refractivity contribution in [2.24, 2.45) is 0 Å². The van der Waals surface area contributed by atoms with Crippen LogP contribution in [0.15, 0.2) is 54.6 Å². The van der Waals surface area contributed by atoms with E-state index in [9.17, 15) is 9.59 Å². The van der Waals surface area contributed by atoms with E-state index >= 15 is 0 Å². The van der Waals surface area contributed by atoms with Crippen molar-refractivity contribution < 1.29 is 23.9 Å². The molecular formula is C28H33N3O5. The minimum absolute atomic E-state index is 0.154. The molecule has 3 aliphatic heterocycles. The van der Waals surface area contributed by atoms with Gasteiger partial charge in [-0.3, -0.25) is 14.5 Å².